The van der Waals surface area contributed by atoms with E-state index in [2.05, 4.69) is 37.3 Å². The van der Waals surface area contributed by atoms with Crippen molar-refractivity contribution in [2.75, 3.05) is 40.3 Å². The first-order chi connectivity index (χ1) is 11.6. The molecule has 2 N–H and O–H groups in total. The van der Waals surface area contributed by atoms with Crippen LogP contribution in [0.4, 0.5) is 0 Å². The third-order valence-electron chi connectivity index (χ3n) is 4.29. The lowest BCUT2D eigenvalue weighted by atomic mass is 9.96. The van der Waals surface area contributed by atoms with Gasteiger partial charge >= 0.3 is 0 Å². The first-order valence-corrected chi connectivity index (χ1v) is 8.70. The fourth-order valence-electron chi connectivity index (χ4n) is 2.70. The molecular formula is C16H29N7O. The van der Waals surface area contributed by atoms with E-state index in [1.54, 1.807) is 25.3 Å². The standard InChI is InChI=1S/C16H29N7O/c1-4-5-8-17-16(18-11-14(24)22(2)3)23-9-6-13(7-10-23)15-19-12-20-21-15/h12-13H,4-11H2,1-3H3,(H,17,18)(H,19,20,21). The van der Waals surface area contributed by atoms with Crippen LogP contribution in [-0.4, -0.2) is 77.1 Å². The SMILES string of the molecule is CCCCNC(=NCC(=O)N(C)C)N1CCC(c2ncn[nH]2)CC1. The lowest BCUT2D eigenvalue weighted by Crippen LogP contribution is -2.46. The van der Waals surface area contributed by atoms with Gasteiger partial charge in [-0.15, -0.1) is 0 Å². The summed E-state index contributed by atoms with van der Waals surface area (Å²) in [5.41, 5.74) is 0. The van der Waals surface area contributed by atoms with E-state index in [0.29, 0.717) is 5.92 Å². The average molecular weight is 335 g/mol. The second kappa shape index (κ2) is 9.24. The Morgan fingerprint density at radius 1 is 1.46 bits per heavy atom. The number of hydrogen-bond donors (Lipinski definition) is 2. The van der Waals surface area contributed by atoms with Crippen LogP contribution in [0.15, 0.2) is 11.3 Å². The number of aromatic nitrogens is 3. The van der Waals surface area contributed by atoms with Crippen molar-refractivity contribution in [3.63, 3.8) is 0 Å². The number of rotatable bonds is 6. The Morgan fingerprint density at radius 3 is 2.79 bits per heavy atom. The van der Waals surface area contributed by atoms with Crippen LogP contribution < -0.4 is 5.32 Å². The molecule has 0 aliphatic carbocycles. The van der Waals surface area contributed by atoms with Crippen molar-refractivity contribution in [1.29, 1.82) is 0 Å². The number of nitrogens with zero attached hydrogens (tertiary/aromatic N) is 5. The van der Waals surface area contributed by atoms with Gasteiger partial charge in [0.15, 0.2) is 5.96 Å². The predicted octanol–water partition coefficient (Wildman–Crippen LogP) is 0.818. The molecule has 1 aliphatic heterocycles. The van der Waals surface area contributed by atoms with E-state index < -0.39 is 0 Å². The van der Waals surface area contributed by atoms with Gasteiger partial charge in [-0.05, 0) is 19.3 Å². The second-order valence-electron chi connectivity index (χ2n) is 6.34. The minimum Gasteiger partial charge on any atom is -0.356 e. The highest BCUT2D eigenvalue weighted by molar-refractivity contribution is 5.84. The summed E-state index contributed by atoms with van der Waals surface area (Å²) < 4.78 is 0. The van der Waals surface area contributed by atoms with Gasteiger partial charge in [-0.25, -0.2) is 9.98 Å². The number of carbonyl (C=O) groups is 1. The Bertz CT molecular complexity index is 519. The van der Waals surface area contributed by atoms with Gasteiger partial charge in [0, 0.05) is 39.6 Å². The van der Waals surface area contributed by atoms with E-state index in [1.165, 1.54) is 0 Å². The van der Waals surface area contributed by atoms with Gasteiger partial charge in [0.2, 0.25) is 5.91 Å². The molecule has 1 fully saturated rings. The number of aromatic amines is 1. The monoisotopic (exact) mass is 335 g/mol. The molecular weight excluding hydrogens is 306 g/mol. The molecule has 134 valence electrons. The molecule has 2 rings (SSSR count). The molecule has 0 atom stereocenters. The maximum absolute atomic E-state index is 11.8. The number of piperidine rings is 1. The fourth-order valence-corrected chi connectivity index (χ4v) is 2.70. The number of aliphatic imine (C=N–C) groups is 1. The number of carbonyl (C=O) groups excluding carboxylic acids is 1. The molecule has 0 radical (unpaired) electrons. The molecule has 1 amide bonds. The van der Waals surface area contributed by atoms with Crippen molar-refractivity contribution in [3.05, 3.63) is 12.2 Å². The number of hydrogen-bond acceptors (Lipinski definition) is 4. The first-order valence-electron chi connectivity index (χ1n) is 8.70. The summed E-state index contributed by atoms with van der Waals surface area (Å²) in [5.74, 6) is 2.25. The Hall–Kier alpha value is -2.12. The number of guanidine groups is 1. The highest BCUT2D eigenvalue weighted by Gasteiger charge is 2.24. The summed E-state index contributed by atoms with van der Waals surface area (Å²) >= 11 is 0. The summed E-state index contributed by atoms with van der Waals surface area (Å²) in [6, 6.07) is 0. The number of H-pyrrole nitrogens is 1. The topological polar surface area (TPSA) is 89.5 Å². The van der Waals surface area contributed by atoms with Gasteiger partial charge in [0.1, 0.15) is 18.7 Å². The van der Waals surface area contributed by atoms with Gasteiger partial charge < -0.3 is 15.1 Å². The van der Waals surface area contributed by atoms with Crippen molar-refractivity contribution < 1.29 is 4.79 Å². The van der Waals surface area contributed by atoms with Crippen molar-refractivity contribution >= 4 is 11.9 Å². The number of amides is 1. The summed E-state index contributed by atoms with van der Waals surface area (Å²) in [6.45, 7) is 5.03. The van der Waals surface area contributed by atoms with Gasteiger partial charge in [0.05, 0.1) is 0 Å². The van der Waals surface area contributed by atoms with Crippen LogP contribution in [0.25, 0.3) is 0 Å². The number of likely N-dealkylation sites (N-methyl/N-ethyl adjacent to an activating group) is 1. The molecule has 1 aliphatic rings. The Kier molecular flexibility index (Phi) is 7.02. The molecule has 8 nitrogen and oxygen atoms in total. The number of likely N-dealkylation sites (tertiary alicyclic amines) is 1. The minimum absolute atomic E-state index is 0.0151. The van der Waals surface area contributed by atoms with Crippen molar-refractivity contribution in [3.8, 4) is 0 Å². The molecule has 1 aromatic rings. The maximum Gasteiger partial charge on any atom is 0.243 e. The molecule has 0 saturated carbocycles. The summed E-state index contributed by atoms with van der Waals surface area (Å²) in [5, 5.41) is 10.3. The highest BCUT2D eigenvalue weighted by atomic mass is 16.2. The number of unbranched alkanes of at least 4 members (excludes halogenated alkanes) is 1. The van der Waals surface area contributed by atoms with Crippen LogP contribution in [0.5, 0.6) is 0 Å². The van der Waals surface area contributed by atoms with E-state index in [0.717, 1.165) is 57.1 Å². The predicted molar refractivity (Wildman–Crippen MR) is 93.8 cm³/mol. The van der Waals surface area contributed by atoms with Gasteiger partial charge in [0.25, 0.3) is 0 Å². The van der Waals surface area contributed by atoms with Crippen molar-refractivity contribution in [2.24, 2.45) is 4.99 Å². The first kappa shape index (κ1) is 18.2. The third kappa shape index (κ3) is 5.21. The zero-order valence-electron chi connectivity index (χ0n) is 15.0. The second-order valence-corrected chi connectivity index (χ2v) is 6.34. The van der Waals surface area contributed by atoms with E-state index in [-0.39, 0.29) is 12.5 Å². The Morgan fingerprint density at radius 2 is 2.21 bits per heavy atom. The van der Waals surface area contributed by atoms with Crippen molar-refractivity contribution in [2.45, 2.75) is 38.5 Å². The van der Waals surface area contributed by atoms with E-state index in [4.69, 9.17) is 0 Å². The number of nitrogens with one attached hydrogen (secondary N) is 2. The lowest BCUT2D eigenvalue weighted by molar-refractivity contribution is -0.127. The maximum atomic E-state index is 11.8. The fraction of sp³-hybridized carbons (Fsp3) is 0.750. The molecule has 8 heteroatoms. The summed E-state index contributed by atoms with van der Waals surface area (Å²) in [6.07, 6.45) is 5.80. The minimum atomic E-state index is 0.0151. The van der Waals surface area contributed by atoms with Crippen LogP contribution in [0, 0.1) is 0 Å². The highest BCUT2D eigenvalue weighted by Crippen LogP contribution is 2.24. The normalized spacial score (nSPS) is 16.3. The quantitative estimate of drug-likeness (QED) is 0.456. The van der Waals surface area contributed by atoms with E-state index in [1.807, 2.05) is 0 Å². The van der Waals surface area contributed by atoms with Crippen LogP contribution in [0.3, 0.4) is 0 Å². The van der Waals surface area contributed by atoms with Crippen molar-refractivity contribution in [1.82, 2.24) is 30.3 Å². The zero-order valence-corrected chi connectivity index (χ0v) is 15.0. The molecule has 1 saturated heterocycles. The van der Waals surface area contributed by atoms with Crippen LogP contribution in [-0.2, 0) is 4.79 Å². The summed E-state index contributed by atoms with van der Waals surface area (Å²) in [7, 11) is 3.51. The lowest BCUT2D eigenvalue weighted by Gasteiger charge is -2.33. The molecule has 1 aromatic heterocycles. The Labute approximate surface area is 143 Å². The van der Waals surface area contributed by atoms with Gasteiger partial charge in [-0.1, -0.05) is 13.3 Å². The molecule has 0 spiro atoms. The van der Waals surface area contributed by atoms with Gasteiger partial charge in [-0.2, -0.15) is 5.10 Å². The molecule has 2 heterocycles. The largest absolute Gasteiger partial charge is 0.356 e. The van der Waals surface area contributed by atoms with E-state index >= 15 is 0 Å². The molecule has 0 unspecified atom stereocenters. The zero-order chi connectivity index (χ0) is 17.4. The average Bonchev–Trinajstić information content (AvgIpc) is 3.12. The smallest absolute Gasteiger partial charge is 0.243 e. The third-order valence-corrected chi connectivity index (χ3v) is 4.29. The Balaban J connectivity index is 1.93. The van der Waals surface area contributed by atoms with Crippen LogP contribution in [0.1, 0.15) is 44.3 Å². The molecule has 0 bridgehead atoms. The molecule has 0 aromatic carbocycles. The van der Waals surface area contributed by atoms with Gasteiger partial charge in [-0.3, -0.25) is 9.89 Å². The van der Waals surface area contributed by atoms with Crippen LogP contribution >= 0.6 is 0 Å². The summed E-state index contributed by atoms with van der Waals surface area (Å²) in [4.78, 5) is 24.4. The van der Waals surface area contributed by atoms with Crippen LogP contribution in [0.2, 0.25) is 0 Å². The van der Waals surface area contributed by atoms with E-state index in [9.17, 15) is 4.79 Å². The molecule has 24 heavy (non-hydrogen) atoms.